The SMILES string of the molecule is CCCC(NC(=O)Nc1cccc(C(F)(F)F)c1)C(=O)NCCc1ccc(OC)c(OC)c1. The first kappa shape index (κ1) is 25.8. The topological polar surface area (TPSA) is 88.7 Å². The summed E-state index contributed by atoms with van der Waals surface area (Å²) in [5.41, 5.74) is 0.0278. The van der Waals surface area contributed by atoms with Crippen LogP contribution in [0.1, 0.15) is 30.9 Å². The Morgan fingerprint density at radius 3 is 2.39 bits per heavy atom. The summed E-state index contributed by atoms with van der Waals surface area (Å²) in [6.07, 6.45) is -3.00. The molecule has 0 aliphatic carbocycles. The van der Waals surface area contributed by atoms with Crippen LogP contribution in [0.15, 0.2) is 42.5 Å². The van der Waals surface area contributed by atoms with Gasteiger partial charge in [0.15, 0.2) is 11.5 Å². The molecular weight excluding hydrogens is 439 g/mol. The van der Waals surface area contributed by atoms with Crippen LogP contribution >= 0.6 is 0 Å². The summed E-state index contributed by atoms with van der Waals surface area (Å²) in [6, 6.07) is 8.14. The zero-order chi connectivity index (χ0) is 24.4. The second-order valence-electron chi connectivity index (χ2n) is 7.25. The van der Waals surface area contributed by atoms with Crippen molar-refractivity contribution in [1.82, 2.24) is 10.6 Å². The van der Waals surface area contributed by atoms with Gasteiger partial charge in [-0.05, 0) is 48.7 Å². The number of hydrogen-bond acceptors (Lipinski definition) is 4. The maximum Gasteiger partial charge on any atom is 0.416 e. The number of carbonyl (C=O) groups excluding carboxylic acids is 2. The van der Waals surface area contributed by atoms with Crippen molar-refractivity contribution >= 4 is 17.6 Å². The lowest BCUT2D eigenvalue weighted by molar-refractivity contribution is -0.137. The van der Waals surface area contributed by atoms with Gasteiger partial charge in [-0.25, -0.2) is 4.79 Å². The number of rotatable bonds is 10. The summed E-state index contributed by atoms with van der Waals surface area (Å²) in [4.78, 5) is 24.9. The van der Waals surface area contributed by atoms with E-state index in [1.165, 1.54) is 19.2 Å². The van der Waals surface area contributed by atoms with Crippen molar-refractivity contribution in [2.45, 2.75) is 38.4 Å². The first-order valence-electron chi connectivity index (χ1n) is 10.4. The average Bonchev–Trinajstić information content (AvgIpc) is 2.78. The normalized spacial score (nSPS) is 11.9. The third-order valence-electron chi connectivity index (χ3n) is 4.81. The number of nitrogens with one attached hydrogen (secondary N) is 3. The highest BCUT2D eigenvalue weighted by atomic mass is 19.4. The van der Waals surface area contributed by atoms with E-state index in [2.05, 4.69) is 16.0 Å². The number of urea groups is 1. The van der Waals surface area contributed by atoms with Crippen molar-refractivity contribution in [3.63, 3.8) is 0 Å². The minimum absolute atomic E-state index is 0.0218. The number of carbonyl (C=O) groups is 2. The summed E-state index contributed by atoms with van der Waals surface area (Å²) >= 11 is 0. The molecule has 0 fully saturated rings. The van der Waals surface area contributed by atoms with Gasteiger partial charge >= 0.3 is 12.2 Å². The van der Waals surface area contributed by atoms with Crippen molar-refractivity contribution in [3.05, 3.63) is 53.6 Å². The molecule has 0 aliphatic heterocycles. The van der Waals surface area contributed by atoms with Crippen molar-refractivity contribution in [1.29, 1.82) is 0 Å². The van der Waals surface area contributed by atoms with Gasteiger partial charge < -0.3 is 25.4 Å². The Kier molecular flexibility index (Phi) is 9.38. The minimum atomic E-state index is -4.52. The largest absolute Gasteiger partial charge is 0.493 e. The second-order valence-corrected chi connectivity index (χ2v) is 7.25. The Balaban J connectivity index is 1.92. The van der Waals surface area contributed by atoms with E-state index in [0.717, 1.165) is 17.7 Å². The Labute approximate surface area is 190 Å². The van der Waals surface area contributed by atoms with E-state index in [-0.39, 0.29) is 11.6 Å². The average molecular weight is 467 g/mol. The highest BCUT2D eigenvalue weighted by Crippen LogP contribution is 2.30. The standard InChI is InChI=1S/C23H28F3N3O4/c1-4-6-18(29-22(31)28-17-8-5-7-16(14-17)23(24,25)26)21(30)27-12-11-15-9-10-19(32-2)20(13-15)33-3/h5,7-10,13-14,18H,4,6,11-12H2,1-3H3,(H,27,30)(H2,28,29,31). The fourth-order valence-electron chi connectivity index (χ4n) is 3.15. The molecule has 3 N–H and O–H groups in total. The van der Waals surface area contributed by atoms with Gasteiger partial charge in [0.2, 0.25) is 5.91 Å². The summed E-state index contributed by atoms with van der Waals surface area (Å²) in [5.74, 6) is 0.805. The van der Waals surface area contributed by atoms with E-state index in [9.17, 15) is 22.8 Å². The Bertz CT molecular complexity index is 951. The molecule has 0 radical (unpaired) electrons. The van der Waals surface area contributed by atoms with Gasteiger partial charge in [0.25, 0.3) is 0 Å². The number of halogens is 3. The van der Waals surface area contributed by atoms with Crippen LogP contribution in [0.5, 0.6) is 11.5 Å². The molecule has 0 heterocycles. The maximum absolute atomic E-state index is 12.8. The number of amides is 3. The Hall–Kier alpha value is -3.43. The molecule has 0 aliphatic rings. The highest BCUT2D eigenvalue weighted by molar-refractivity contribution is 5.93. The Morgan fingerprint density at radius 2 is 1.76 bits per heavy atom. The molecule has 1 atom stereocenters. The monoisotopic (exact) mass is 467 g/mol. The molecule has 1 unspecified atom stereocenters. The van der Waals surface area contributed by atoms with Crippen LogP contribution in [0.4, 0.5) is 23.7 Å². The van der Waals surface area contributed by atoms with Crippen LogP contribution in [0.25, 0.3) is 0 Å². The molecule has 0 saturated carbocycles. The van der Waals surface area contributed by atoms with Gasteiger partial charge in [-0.3, -0.25) is 4.79 Å². The molecule has 10 heteroatoms. The first-order valence-corrected chi connectivity index (χ1v) is 10.4. The molecular formula is C23H28F3N3O4. The van der Waals surface area contributed by atoms with E-state index < -0.39 is 23.8 Å². The quantitative estimate of drug-likeness (QED) is 0.484. The van der Waals surface area contributed by atoms with Gasteiger partial charge in [-0.2, -0.15) is 13.2 Å². The minimum Gasteiger partial charge on any atom is -0.493 e. The molecule has 3 amide bonds. The molecule has 0 aromatic heterocycles. The number of anilines is 1. The predicted octanol–water partition coefficient (Wildman–Crippen LogP) is 4.37. The molecule has 0 saturated heterocycles. The van der Waals surface area contributed by atoms with Crippen LogP contribution in [-0.2, 0) is 17.4 Å². The highest BCUT2D eigenvalue weighted by Gasteiger charge is 2.30. The van der Waals surface area contributed by atoms with E-state index in [0.29, 0.717) is 37.3 Å². The smallest absolute Gasteiger partial charge is 0.416 e. The van der Waals surface area contributed by atoms with Crippen LogP contribution in [-0.4, -0.2) is 38.7 Å². The van der Waals surface area contributed by atoms with Gasteiger partial charge in [0.1, 0.15) is 6.04 Å². The molecule has 180 valence electrons. The zero-order valence-corrected chi connectivity index (χ0v) is 18.7. The van der Waals surface area contributed by atoms with Gasteiger partial charge in [-0.1, -0.05) is 25.5 Å². The van der Waals surface area contributed by atoms with Gasteiger partial charge in [0.05, 0.1) is 19.8 Å². The third-order valence-corrected chi connectivity index (χ3v) is 4.81. The number of ether oxygens (including phenoxy) is 2. The van der Waals surface area contributed by atoms with E-state index in [4.69, 9.17) is 9.47 Å². The van der Waals surface area contributed by atoms with Crippen LogP contribution < -0.4 is 25.4 Å². The fourth-order valence-corrected chi connectivity index (χ4v) is 3.15. The molecule has 2 aromatic carbocycles. The number of alkyl halides is 3. The van der Waals surface area contributed by atoms with Crippen molar-refractivity contribution in [2.24, 2.45) is 0 Å². The lowest BCUT2D eigenvalue weighted by atomic mass is 10.1. The van der Waals surface area contributed by atoms with Gasteiger partial charge in [0, 0.05) is 12.2 Å². The van der Waals surface area contributed by atoms with Crippen LogP contribution in [0, 0.1) is 0 Å². The number of benzene rings is 2. The van der Waals surface area contributed by atoms with Crippen LogP contribution in [0.3, 0.4) is 0 Å². The van der Waals surface area contributed by atoms with Crippen molar-refractivity contribution in [2.75, 3.05) is 26.1 Å². The van der Waals surface area contributed by atoms with Crippen LogP contribution in [0.2, 0.25) is 0 Å². The predicted molar refractivity (Wildman–Crippen MR) is 119 cm³/mol. The first-order chi connectivity index (χ1) is 15.7. The van der Waals surface area contributed by atoms with Crippen molar-refractivity contribution in [3.8, 4) is 11.5 Å². The molecule has 33 heavy (non-hydrogen) atoms. The van der Waals surface area contributed by atoms with Crippen molar-refractivity contribution < 1.29 is 32.2 Å². The molecule has 0 spiro atoms. The molecule has 7 nitrogen and oxygen atoms in total. The van der Waals surface area contributed by atoms with Gasteiger partial charge in [-0.15, -0.1) is 0 Å². The molecule has 0 bridgehead atoms. The molecule has 2 rings (SSSR count). The van der Waals surface area contributed by atoms with E-state index >= 15 is 0 Å². The van der Waals surface area contributed by atoms with E-state index in [1.54, 1.807) is 13.2 Å². The number of methoxy groups -OCH3 is 2. The maximum atomic E-state index is 12.8. The fraction of sp³-hybridized carbons (Fsp3) is 0.391. The Morgan fingerprint density at radius 1 is 1.03 bits per heavy atom. The summed E-state index contributed by atoms with van der Waals surface area (Å²) in [7, 11) is 3.08. The number of hydrogen-bond donors (Lipinski definition) is 3. The summed E-state index contributed by atoms with van der Waals surface area (Å²) in [5, 5.41) is 7.65. The molecule has 2 aromatic rings. The zero-order valence-electron chi connectivity index (χ0n) is 18.7. The third kappa shape index (κ3) is 7.89. The second kappa shape index (κ2) is 12.0. The lowest BCUT2D eigenvalue weighted by Crippen LogP contribution is -2.48. The summed E-state index contributed by atoms with van der Waals surface area (Å²) < 4.78 is 49.0. The summed E-state index contributed by atoms with van der Waals surface area (Å²) in [6.45, 7) is 2.18. The lowest BCUT2D eigenvalue weighted by Gasteiger charge is -2.19. The van der Waals surface area contributed by atoms with E-state index in [1.807, 2.05) is 19.1 Å².